The molecule has 0 saturated carbocycles. The van der Waals surface area contributed by atoms with E-state index in [0.29, 0.717) is 5.82 Å². The van der Waals surface area contributed by atoms with Crippen LogP contribution in [0.4, 0.5) is 0 Å². The van der Waals surface area contributed by atoms with Crippen LogP contribution in [-0.2, 0) is 5.41 Å². The van der Waals surface area contributed by atoms with E-state index in [1.165, 1.54) is 88.0 Å². The largest absolute Gasteiger partial charge is 0.228 e. The summed E-state index contributed by atoms with van der Waals surface area (Å²) in [5, 5.41) is 7.73. The van der Waals surface area contributed by atoms with E-state index in [9.17, 15) is 0 Å². The van der Waals surface area contributed by atoms with Gasteiger partial charge in [0.2, 0.25) is 0 Å². The molecule has 11 aromatic carbocycles. The summed E-state index contributed by atoms with van der Waals surface area (Å²) in [5.74, 6) is 0.697. The van der Waals surface area contributed by atoms with Gasteiger partial charge in [-0.15, -0.1) is 0 Å². The molecule has 1 aliphatic carbocycles. The molecule has 1 aliphatic rings. The van der Waals surface area contributed by atoms with Crippen LogP contribution in [0.2, 0.25) is 0 Å². The van der Waals surface area contributed by atoms with Crippen LogP contribution in [0.15, 0.2) is 243 Å². The number of benzene rings is 11. The Hall–Kier alpha value is -8.46. The van der Waals surface area contributed by atoms with Gasteiger partial charge in [-0.3, -0.25) is 0 Å². The van der Waals surface area contributed by atoms with Crippen molar-refractivity contribution in [3.63, 3.8) is 0 Å². The van der Waals surface area contributed by atoms with Gasteiger partial charge >= 0.3 is 0 Å². The number of rotatable bonds is 7. The van der Waals surface area contributed by atoms with E-state index in [-0.39, 0.29) is 0 Å². The zero-order valence-corrected chi connectivity index (χ0v) is 35.5. The van der Waals surface area contributed by atoms with Gasteiger partial charge in [0.25, 0.3) is 0 Å². The molecule has 0 aliphatic heterocycles. The fourth-order valence-electron chi connectivity index (χ4n) is 10.8. The maximum atomic E-state index is 5.44. The fourth-order valence-corrected chi connectivity index (χ4v) is 10.8. The molecule has 0 radical (unpaired) electrons. The van der Waals surface area contributed by atoms with E-state index in [1.807, 2.05) is 6.07 Å². The van der Waals surface area contributed by atoms with Crippen LogP contribution in [0.25, 0.3) is 99.6 Å². The van der Waals surface area contributed by atoms with Crippen LogP contribution < -0.4 is 0 Å². The van der Waals surface area contributed by atoms with Crippen LogP contribution in [-0.4, -0.2) is 9.97 Å². The highest BCUT2D eigenvalue weighted by Crippen LogP contribution is 2.59. The van der Waals surface area contributed by atoms with Crippen LogP contribution in [0.1, 0.15) is 22.3 Å². The van der Waals surface area contributed by atoms with Gasteiger partial charge in [-0.25, -0.2) is 9.97 Å². The van der Waals surface area contributed by atoms with Gasteiger partial charge in [-0.2, -0.15) is 0 Å². The molecule has 0 atom stereocenters. The van der Waals surface area contributed by atoms with Crippen LogP contribution in [0, 0.1) is 0 Å². The third kappa shape index (κ3) is 5.81. The molecule has 1 aromatic heterocycles. The molecule has 2 nitrogen and oxygen atoms in total. The SMILES string of the molecule is c1ccc(-c2ccc(-c3cc(-c4cccc5c4-c4ccc(-c6ccc7ccc8cccc9ccc6c7c89)cc4C5(c4ccccc4)c4ccccc4)nc(-c4ccccc4)n3)cc2)cc1. The topological polar surface area (TPSA) is 25.8 Å². The maximum Gasteiger partial charge on any atom is 0.160 e. The Morgan fingerprint density at radius 2 is 0.815 bits per heavy atom. The number of hydrogen-bond donors (Lipinski definition) is 0. The minimum atomic E-state index is -0.617. The van der Waals surface area contributed by atoms with Gasteiger partial charge in [0, 0.05) is 16.7 Å². The van der Waals surface area contributed by atoms with E-state index in [1.54, 1.807) is 0 Å². The summed E-state index contributed by atoms with van der Waals surface area (Å²) < 4.78 is 0. The van der Waals surface area contributed by atoms with Crippen molar-refractivity contribution < 1.29 is 0 Å². The molecule has 0 amide bonds. The molecule has 0 N–H and O–H groups in total. The molecule has 0 fully saturated rings. The molecular weight excluding hydrogens is 785 g/mol. The van der Waals surface area contributed by atoms with Gasteiger partial charge in [0.1, 0.15) is 0 Å². The van der Waals surface area contributed by atoms with Gasteiger partial charge in [-0.1, -0.05) is 231 Å². The van der Waals surface area contributed by atoms with Crippen LogP contribution >= 0.6 is 0 Å². The Bertz CT molecular complexity index is 3670. The molecule has 0 saturated heterocycles. The van der Waals surface area contributed by atoms with Crippen molar-refractivity contribution in [3.05, 3.63) is 265 Å². The standard InChI is InChI=1S/C63H40N2/c1-5-15-41(16-6-1)42-27-29-43(30-28-42)57-40-58(65-62(64-57)47-17-7-2-8-18-47)54-25-14-26-55-61(54)53-38-35-48(39-56(53)63(55,49-21-9-3-10-22-49)50-23-11-4-12-24-50)51-36-33-46-32-31-44-19-13-20-45-34-37-52(51)60(46)59(44)45/h1-40H. The summed E-state index contributed by atoms with van der Waals surface area (Å²) in [6, 6.07) is 88.4. The van der Waals surface area contributed by atoms with Crippen molar-refractivity contribution in [3.8, 4) is 67.3 Å². The van der Waals surface area contributed by atoms with Crippen molar-refractivity contribution in [2.75, 3.05) is 0 Å². The monoisotopic (exact) mass is 824 g/mol. The van der Waals surface area contributed by atoms with Gasteiger partial charge in [0.05, 0.1) is 16.8 Å². The lowest BCUT2D eigenvalue weighted by Gasteiger charge is -2.34. The van der Waals surface area contributed by atoms with E-state index in [0.717, 1.165) is 28.1 Å². The summed E-state index contributed by atoms with van der Waals surface area (Å²) in [6.45, 7) is 0. The summed E-state index contributed by atoms with van der Waals surface area (Å²) in [7, 11) is 0. The molecule has 2 heteroatoms. The third-order valence-electron chi connectivity index (χ3n) is 13.7. The lowest BCUT2D eigenvalue weighted by atomic mass is 9.67. The van der Waals surface area contributed by atoms with E-state index in [2.05, 4.69) is 237 Å². The quantitative estimate of drug-likeness (QED) is 0.150. The van der Waals surface area contributed by atoms with Gasteiger partial charge < -0.3 is 0 Å². The second kappa shape index (κ2) is 14.8. The molecule has 65 heavy (non-hydrogen) atoms. The molecule has 13 rings (SSSR count). The van der Waals surface area contributed by atoms with Gasteiger partial charge in [-0.05, 0) is 100 Å². The van der Waals surface area contributed by atoms with E-state index in [4.69, 9.17) is 9.97 Å². The number of nitrogens with zero attached hydrogens (tertiary/aromatic N) is 2. The highest BCUT2D eigenvalue weighted by atomic mass is 14.9. The van der Waals surface area contributed by atoms with E-state index < -0.39 is 5.41 Å². The maximum absolute atomic E-state index is 5.44. The zero-order valence-electron chi connectivity index (χ0n) is 35.5. The Morgan fingerprint density at radius 3 is 1.51 bits per heavy atom. The lowest BCUT2D eigenvalue weighted by molar-refractivity contribution is 0.769. The van der Waals surface area contributed by atoms with Crippen LogP contribution in [0.3, 0.4) is 0 Å². The molecular formula is C63H40N2. The number of fused-ring (bicyclic) bond motifs is 3. The first kappa shape index (κ1) is 37.1. The minimum absolute atomic E-state index is 0.617. The Balaban J connectivity index is 1.07. The average Bonchev–Trinajstić information content (AvgIpc) is 3.69. The Kier molecular flexibility index (Phi) is 8.47. The fraction of sp³-hybridized carbons (Fsp3) is 0.0159. The summed E-state index contributed by atoms with van der Waals surface area (Å²) in [6.07, 6.45) is 0. The van der Waals surface area contributed by atoms with Crippen molar-refractivity contribution in [1.82, 2.24) is 9.97 Å². The molecule has 0 bridgehead atoms. The van der Waals surface area contributed by atoms with E-state index >= 15 is 0 Å². The predicted molar refractivity (Wildman–Crippen MR) is 270 cm³/mol. The Labute approximate surface area is 378 Å². The normalized spacial score (nSPS) is 12.7. The molecule has 0 unspecified atom stereocenters. The molecule has 0 spiro atoms. The first-order chi connectivity index (χ1) is 32.2. The zero-order chi connectivity index (χ0) is 42.9. The van der Waals surface area contributed by atoms with Crippen molar-refractivity contribution in [2.45, 2.75) is 5.41 Å². The molecule has 302 valence electrons. The first-order valence-corrected chi connectivity index (χ1v) is 22.4. The lowest BCUT2D eigenvalue weighted by Crippen LogP contribution is -2.28. The molecule has 12 aromatic rings. The van der Waals surface area contributed by atoms with Crippen molar-refractivity contribution in [1.29, 1.82) is 0 Å². The summed E-state index contributed by atoms with van der Waals surface area (Å²) >= 11 is 0. The Morgan fingerprint density at radius 1 is 0.292 bits per heavy atom. The number of hydrogen-bond acceptors (Lipinski definition) is 2. The smallest absolute Gasteiger partial charge is 0.160 e. The highest BCUT2D eigenvalue weighted by Gasteiger charge is 2.47. The summed E-state index contributed by atoms with van der Waals surface area (Å²) in [5.41, 5.74) is 16.4. The minimum Gasteiger partial charge on any atom is -0.228 e. The molecule has 1 heterocycles. The van der Waals surface area contributed by atoms with Crippen LogP contribution in [0.5, 0.6) is 0 Å². The summed E-state index contributed by atoms with van der Waals surface area (Å²) in [4.78, 5) is 10.7. The van der Waals surface area contributed by atoms with Gasteiger partial charge in [0.15, 0.2) is 5.82 Å². The second-order valence-electron chi connectivity index (χ2n) is 17.2. The predicted octanol–water partition coefficient (Wildman–Crippen LogP) is 16.1. The highest BCUT2D eigenvalue weighted by molar-refractivity contribution is 6.25. The second-order valence-corrected chi connectivity index (χ2v) is 17.2. The number of aromatic nitrogens is 2. The first-order valence-electron chi connectivity index (χ1n) is 22.4. The third-order valence-corrected chi connectivity index (χ3v) is 13.7. The van der Waals surface area contributed by atoms with Crippen molar-refractivity contribution >= 4 is 32.3 Å². The average molecular weight is 825 g/mol. The van der Waals surface area contributed by atoms with Crippen molar-refractivity contribution in [2.24, 2.45) is 0 Å².